The molecule has 0 spiro atoms. The molecule has 1 amide bonds. The van der Waals surface area contributed by atoms with Crippen molar-refractivity contribution in [1.82, 2.24) is 10.6 Å². The van der Waals surface area contributed by atoms with Crippen molar-refractivity contribution in [2.75, 3.05) is 26.7 Å². The van der Waals surface area contributed by atoms with Gasteiger partial charge in [-0.2, -0.15) is 0 Å². The summed E-state index contributed by atoms with van der Waals surface area (Å²) >= 11 is 0. The van der Waals surface area contributed by atoms with Gasteiger partial charge in [0.1, 0.15) is 6.54 Å². The second-order valence-electron chi connectivity index (χ2n) is 4.57. The maximum Gasteiger partial charge on any atom is 0.325 e. The number of methoxy groups -OCH3 is 1. The first-order valence-corrected chi connectivity index (χ1v) is 6.20. The minimum atomic E-state index is -0.409. The third kappa shape index (κ3) is 3.70. The minimum Gasteiger partial charge on any atom is -0.468 e. The topological polar surface area (TPSA) is 67.4 Å². The minimum absolute atomic E-state index is 0.0306. The van der Waals surface area contributed by atoms with Gasteiger partial charge in [-0.3, -0.25) is 9.59 Å². The van der Waals surface area contributed by atoms with Crippen molar-refractivity contribution in [1.29, 1.82) is 0 Å². The summed E-state index contributed by atoms with van der Waals surface area (Å²) in [4.78, 5) is 23.2. The fraction of sp³-hybridized carbons (Fsp3) is 0.833. The second kappa shape index (κ2) is 6.59. The van der Waals surface area contributed by atoms with Crippen LogP contribution in [0.5, 0.6) is 0 Å². The molecule has 1 fully saturated rings. The van der Waals surface area contributed by atoms with Crippen LogP contribution in [0.2, 0.25) is 0 Å². The first kappa shape index (κ1) is 14.0. The average molecular weight is 242 g/mol. The smallest absolute Gasteiger partial charge is 0.325 e. The normalized spacial score (nSPS) is 24.1. The number of hydrogen-bond acceptors (Lipinski definition) is 4. The lowest BCUT2D eigenvalue weighted by Crippen LogP contribution is -2.51. The van der Waals surface area contributed by atoms with Crippen LogP contribution in [0.15, 0.2) is 0 Å². The predicted octanol–water partition coefficient (Wildman–Crippen LogP) is 0.445. The van der Waals surface area contributed by atoms with Crippen LogP contribution in [0, 0.1) is 5.41 Å². The van der Waals surface area contributed by atoms with E-state index in [2.05, 4.69) is 22.3 Å². The molecule has 1 heterocycles. The van der Waals surface area contributed by atoms with Crippen molar-refractivity contribution in [2.24, 2.45) is 5.41 Å². The standard InChI is InChI=1S/C12H22N2O3/c1-3-5-12(6-4-7-13-9-12)11(16)14-8-10(15)17-2/h13H,3-9H2,1-2H3,(H,14,16). The van der Waals surface area contributed by atoms with E-state index in [1.54, 1.807) is 0 Å². The molecule has 98 valence electrons. The molecule has 5 heteroatoms. The number of hydrogen-bond donors (Lipinski definition) is 2. The summed E-state index contributed by atoms with van der Waals surface area (Å²) in [6, 6.07) is 0. The molecule has 1 aliphatic rings. The molecule has 17 heavy (non-hydrogen) atoms. The molecule has 1 aliphatic heterocycles. The lowest BCUT2D eigenvalue weighted by atomic mass is 9.76. The van der Waals surface area contributed by atoms with Crippen LogP contribution in [0.4, 0.5) is 0 Å². The van der Waals surface area contributed by atoms with E-state index in [1.807, 2.05) is 0 Å². The first-order chi connectivity index (χ1) is 8.14. The number of piperidine rings is 1. The highest BCUT2D eigenvalue weighted by molar-refractivity contribution is 5.86. The number of amides is 1. The highest BCUT2D eigenvalue weighted by atomic mass is 16.5. The summed E-state index contributed by atoms with van der Waals surface area (Å²) < 4.78 is 4.51. The zero-order valence-corrected chi connectivity index (χ0v) is 10.7. The van der Waals surface area contributed by atoms with Gasteiger partial charge in [-0.1, -0.05) is 13.3 Å². The molecular weight excluding hydrogens is 220 g/mol. The van der Waals surface area contributed by atoms with Crippen molar-refractivity contribution in [3.8, 4) is 0 Å². The monoisotopic (exact) mass is 242 g/mol. The molecule has 0 aromatic rings. The van der Waals surface area contributed by atoms with E-state index in [9.17, 15) is 9.59 Å². The first-order valence-electron chi connectivity index (χ1n) is 6.20. The molecule has 0 radical (unpaired) electrons. The number of nitrogens with one attached hydrogen (secondary N) is 2. The number of esters is 1. The molecule has 1 unspecified atom stereocenters. The highest BCUT2D eigenvalue weighted by Crippen LogP contribution is 2.31. The number of ether oxygens (including phenoxy) is 1. The Morgan fingerprint density at radius 2 is 2.24 bits per heavy atom. The molecule has 0 saturated carbocycles. The molecular formula is C12H22N2O3. The lowest BCUT2D eigenvalue weighted by Gasteiger charge is -2.36. The third-order valence-corrected chi connectivity index (χ3v) is 3.30. The Morgan fingerprint density at radius 1 is 1.47 bits per heavy atom. The van der Waals surface area contributed by atoms with Gasteiger partial charge in [-0.05, 0) is 25.8 Å². The summed E-state index contributed by atoms with van der Waals surface area (Å²) in [6.07, 6.45) is 3.72. The van der Waals surface area contributed by atoms with E-state index < -0.39 is 5.97 Å². The van der Waals surface area contributed by atoms with Crippen LogP contribution in [0.25, 0.3) is 0 Å². The number of carbonyl (C=O) groups is 2. The summed E-state index contributed by atoms with van der Waals surface area (Å²) in [7, 11) is 1.32. The van der Waals surface area contributed by atoms with Crippen molar-refractivity contribution >= 4 is 11.9 Å². The summed E-state index contributed by atoms with van der Waals surface area (Å²) in [5.74, 6) is -0.439. The van der Waals surface area contributed by atoms with Crippen LogP contribution in [0.3, 0.4) is 0 Å². The van der Waals surface area contributed by atoms with Crippen LogP contribution in [-0.2, 0) is 14.3 Å². The Balaban J connectivity index is 2.56. The van der Waals surface area contributed by atoms with Crippen molar-refractivity contribution in [3.05, 3.63) is 0 Å². The van der Waals surface area contributed by atoms with Crippen LogP contribution in [-0.4, -0.2) is 38.6 Å². The van der Waals surface area contributed by atoms with Gasteiger partial charge >= 0.3 is 5.97 Å². The van der Waals surface area contributed by atoms with Crippen LogP contribution < -0.4 is 10.6 Å². The maximum atomic E-state index is 12.2. The van der Waals surface area contributed by atoms with Crippen molar-refractivity contribution < 1.29 is 14.3 Å². The second-order valence-corrected chi connectivity index (χ2v) is 4.57. The van der Waals surface area contributed by atoms with Gasteiger partial charge in [0.05, 0.1) is 12.5 Å². The van der Waals surface area contributed by atoms with E-state index in [4.69, 9.17) is 0 Å². The average Bonchev–Trinajstić information content (AvgIpc) is 2.36. The van der Waals surface area contributed by atoms with E-state index in [0.29, 0.717) is 6.54 Å². The van der Waals surface area contributed by atoms with E-state index in [0.717, 1.165) is 32.2 Å². The maximum absolute atomic E-state index is 12.2. The van der Waals surface area contributed by atoms with Gasteiger partial charge in [0.25, 0.3) is 0 Å². The zero-order chi connectivity index (χ0) is 12.7. The third-order valence-electron chi connectivity index (χ3n) is 3.30. The molecule has 0 aromatic carbocycles. The quantitative estimate of drug-likeness (QED) is 0.687. The van der Waals surface area contributed by atoms with Gasteiger partial charge in [-0.25, -0.2) is 0 Å². The SMILES string of the molecule is CCCC1(C(=O)NCC(=O)OC)CCCNC1. The van der Waals surface area contributed by atoms with Gasteiger partial charge in [0, 0.05) is 6.54 Å². The van der Waals surface area contributed by atoms with Crippen molar-refractivity contribution in [2.45, 2.75) is 32.6 Å². The Labute approximate surface area is 102 Å². The van der Waals surface area contributed by atoms with E-state index in [-0.39, 0.29) is 17.9 Å². The molecule has 0 aliphatic carbocycles. The number of carbonyl (C=O) groups excluding carboxylic acids is 2. The molecule has 0 aromatic heterocycles. The number of rotatable bonds is 5. The van der Waals surface area contributed by atoms with Gasteiger partial charge in [0.2, 0.25) is 5.91 Å². The van der Waals surface area contributed by atoms with Gasteiger partial charge in [-0.15, -0.1) is 0 Å². The fourth-order valence-electron chi connectivity index (χ4n) is 2.38. The Morgan fingerprint density at radius 3 is 2.76 bits per heavy atom. The van der Waals surface area contributed by atoms with E-state index >= 15 is 0 Å². The Hall–Kier alpha value is -1.10. The predicted molar refractivity (Wildman–Crippen MR) is 64.5 cm³/mol. The largest absolute Gasteiger partial charge is 0.468 e. The zero-order valence-electron chi connectivity index (χ0n) is 10.7. The Bertz CT molecular complexity index is 267. The summed E-state index contributed by atoms with van der Waals surface area (Å²) in [5.41, 5.74) is -0.346. The van der Waals surface area contributed by atoms with Gasteiger partial charge < -0.3 is 15.4 Å². The van der Waals surface area contributed by atoms with Crippen LogP contribution in [0.1, 0.15) is 32.6 Å². The Kier molecular flexibility index (Phi) is 5.41. The van der Waals surface area contributed by atoms with Crippen LogP contribution >= 0.6 is 0 Å². The highest BCUT2D eigenvalue weighted by Gasteiger charge is 2.38. The molecule has 1 rings (SSSR count). The summed E-state index contributed by atoms with van der Waals surface area (Å²) in [6.45, 7) is 3.70. The summed E-state index contributed by atoms with van der Waals surface area (Å²) in [5, 5.41) is 5.94. The van der Waals surface area contributed by atoms with E-state index in [1.165, 1.54) is 7.11 Å². The lowest BCUT2D eigenvalue weighted by molar-refractivity contribution is -0.143. The molecule has 1 atom stereocenters. The van der Waals surface area contributed by atoms with Gasteiger partial charge in [0.15, 0.2) is 0 Å². The molecule has 0 bridgehead atoms. The molecule has 5 nitrogen and oxygen atoms in total. The molecule has 1 saturated heterocycles. The fourth-order valence-corrected chi connectivity index (χ4v) is 2.38. The van der Waals surface area contributed by atoms with Crippen molar-refractivity contribution in [3.63, 3.8) is 0 Å². The molecule has 2 N–H and O–H groups in total.